The summed E-state index contributed by atoms with van der Waals surface area (Å²) in [6.45, 7) is 7.09. The summed E-state index contributed by atoms with van der Waals surface area (Å²) in [5, 5.41) is 2.96. The average molecular weight is 381 g/mol. The van der Waals surface area contributed by atoms with Crippen molar-refractivity contribution in [3.05, 3.63) is 24.3 Å². The van der Waals surface area contributed by atoms with E-state index in [0.29, 0.717) is 13.0 Å². The molecular formula is C19H29ClN4O2. The molecule has 2 saturated heterocycles. The van der Waals surface area contributed by atoms with Crippen LogP contribution in [0.25, 0.3) is 0 Å². The highest BCUT2D eigenvalue weighted by Gasteiger charge is 2.33. The molecule has 0 aromatic heterocycles. The normalized spacial score (nSPS) is 22.8. The maximum Gasteiger partial charge on any atom is 0.238 e. The summed E-state index contributed by atoms with van der Waals surface area (Å²) in [5.74, 6) is 0.117. The number of benzene rings is 1. The van der Waals surface area contributed by atoms with Gasteiger partial charge in [-0.3, -0.25) is 14.5 Å². The van der Waals surface area contributed by atoms with E-state index in [4.69, 9.17) is 5.73 Å². The number of carbonyl (C=O) groups is 2. The first kappa shape index (κ1) is 20.7. The Kier molecular flexibility index (Phi) is 6.66. The van der Waals surface area contributed by atoms with Gasteiger partial charge in [0.2, 0.25) is 11.8 Å². The van der Waals surface area contributed by atoms with E-state index >= 15 is 0 Å². The molecule has 2 heterocycles. The first-order valence-electron chi connectivity index (χ1n) is 9.03. The molecule has 7 heteroatoms. The van der Waals surface area contributed by atoms with Crippen LogP contribution < -0.4 is 16.0 Å². The number of nitrogens with zero attached hydrogens (tertiary/aromatic N) is 2. The van der Waals surface area contributed by atoms with E-state index in [1.165, 1.54) is 0 Å². The van der Waals surface area contributed by atoms with E-state index in [9.17, 15) is 9.59 Å². The molecule has 0 aliphatic carbocycles. The van der Waals surface area contributed by atoms with Gasteiger partial charge in [0.15, 0.2) is 0 Å². The second-order valence-electron chi connectivity index (χ2n) is 7.84. The van der Waals surface area contributed by atoms with Gasteiger partial charge in [-0.2, -0.15) is 0 Å². The Morgan fingerprint density at radius 3 is 2.77 bits per heavy atom. The highest BCUT2D eigenvalue weighted by molar-refractivity contribution is 5.97. The van der Waals surface area contributed by atoms with Crippen molar-refractivity contribution in [1.29, 1.82) is 0 Å². The van der Waals surface area contributed by atoms with E-state index in [1.54, 1.807) is 4.90 Å². The van der Waals surface area contributed by atoms with E-state index in [0.717, 1.165) is 43.9 Å². The quantitative estimate of drug-likeness (QED) is 0.839. The first-order chi connectivity index (χ1) is 11.8. The maximum absolute atomic E-state index is 12.4. The molecule has 0 radical (unpaired) electrons. The number of halogens is 1. The number of anilines is 2. The van der Waals surface area contributed by atoms with Gasteiger partial charge in [0.1, 0.15) is 0 Å². The zero-order chi connectivity index (χ0) is 18.0. The third-order valence-corrected chi connectivity index (χ3v) is 5.27. The molecule has 0 spiro atoms. The Labute approximate surface area is 161 Å². The van der Waals surface area contributed by atoms with Crippen molar-refractivity contribution in [2.24, 2.45) is 11.1 Å². The lowest BCUT2D eigenvalue weighted by Crippen LogP contribution is -2.53. The monoisotopic (exact) mass is 380 g/mol. The molecule has 2 fully saturated rings. The molecule has 0 saturated carbocycles. The van der Waals surface area contributed by atoms with Gasteiger partial charge in [-0.25, -0.2) is 0 Å². The van der Waals surface area contributed by atoms with Crippen LogP contribution in [0.3, 0.4) is 0 Å². The summed E-state index contributed by atoms with van der Waals surface area (Å²) < 4.78 is 0. The van der Waals surface area contributed by atoms with E-state index < -0.39 is 0 Å². The van der Waals surface area contributed by atoms with Crippen LogP contribution in [-0.4, -0.2) is 48.9 Å². The predicted octanol–water partition coefficient (Wildman–Crippen LogP) is 2.23. The van der Waals surface area contributed by atoms with Crippen LogP contribution in [0.4, 0.5) is 11.4 Å². The van der Waals surface area contributed by atoms with Gasteiger partial charge in [-0.05, 0) is 36.5 Å². The third-order valence-electron chi connectivity index (χ3n) is 5.27. The molecule has 1 unspecified atom stereocenters. The first-order valence-corrected chi connectivity index (χ1v) is 9.03. The summed E-state index contributed by atoms with van der Waals surface area (Å²) in [7, 11) is 0. The Morgan fingerprint density at radius 2 is 2.12 bits per heavy atom. The number of amides is 2. The second-order valence-corrected chi connectivity index (χ2v) is 7.84. The van der Waals surface area contributed by atoms with Gasteiger partial charge in [-0.15, -0.1) is 12.4 Å². The van der Waals surface area contributed by atoms with Crippen molar-refractivity contribution in [1.82, 2.24) is 4.90 Å². The summed E-state index contributed by atoms with van der Waals surface area (Å²) in [6, 6.07) is 7.70. The largest absolute Gasteiger partial charge is 0.327 e. The fraction of sp³-hybridized carbons (Fsp3) is 0.579. The van der Waals surface area contributed by atoms with Gasteiger partial charge in [0.25, 0.3) is 0 Å². The number of likely N-dealkylation sites (tertiary alicyclic amines) is 1. The van der Waals surface area contributed by atoms with Crippen LogP contribution in [-0.2, 0) is 9.59 Å². The molecule has 2 aliphatic heterocycles. The standard InChI is InChI=1S/C19H28N4O2.ClH/c1-19(2)13-22(10-8-16(19)20)12-17(24)21-14-5-3-6-15(11-14)23-9-4-7-18(23)25;/h3,5-6,11,16H,4,7-10,12-13,20H2,1-2H3,(H,21,24);1H. The molecule has 3 rings (SSSR count). The van der Waals surface area contributed by atoms with Crippen molar-refractivity contribution in [2.45, 2.75) is 39.2 Å². The van der Waals surface area contributed by atoms with Crippen molar-refractivity contribution >= 4 is 35.6 Å². The van der Waals surface area contributed by atoms with Crippen LogP contribution in [0.15, 0.2) is 24.3 Å². The lowest BCUT2D eigenvalue weighted by atomic mass is 9.80. The smallest absolute Gasteiger partial charge is 0.238 e. The summed E-state index contributed by atoms with van der Waals surface area (Å²) in [4.78, 5) is 28.2. The van der Waals surface area contributed by atoms with Gasteiger partial charge in [0, 0.05) is 43.5 Å². The van der Waals surface area contributed by atoms with E-state index in [2.05, 4.69) is 24.1 Å². The molecule has 1 atom stereocenters. The summed E-state index contributed by atoms with van der Waals surface area (Å²) in [6.07, 6.45) is 2.40. The summed E-state index contributed by atoms with van der Waals surface area (Å²) >= 11 is 0. The van der Waals surface area contributed by atoms with Crippen molar-refractivity contribution in [3.63, 3.8) is 0 Å². The van der Waals surface area contributed by atoms with Crippen molar-refractivity contribution < 1.29 is 9.59 Å². The molecule has 2 aliphatic rings. The fourth-order valence-corrected chi connectivity index (χ4v) is 3.70. The molecule has 6 nitrogen and oxygen atoms in total. The van der Waals surface area contributed by atoms with E-state index in [1.807, 2.05) is 24.3 Å². The van der Waals surface area contributed by atoms with Crippen LogP contribution in [0.2, 0.25) is 0 Å². The topological polar surface area (TPSA) is 78.7 Å². The Balaban J connectivity index is 0.00000243. The molecule has 26 heavy (non-hydrogen) atoms. The second kappa shape index (κ2) is 8.37. The minimum Gasteiger partial charge on any atom is -0.327 e. The average Bonchev–Trinajstić information content (AvgIpc) is 2.97. The van der Waals surface area contributed by atoms with Crippen LogP contribution in [0.1, 0.15) is 33.1 Å². The van der Waals surface area contributed by atoms with Gasteiger partial charge in [-0.1, -0.05) is 19.9 Å². The van der Waals surface area contributed by atoms with Crippen LogP contribution in [0, 0.1) is 5.41 Å². The molecule has 1 aromatic carbocycles. The SMILES string of the molecule is CC1(C)CN(CC(=O)Nc2cccc(N3CCCC3=O)c2)CCC1N.Cl. The number of nitrogens with one attached hydrogen (secondary N) is 1. The zero-order valence-corrected chi connectivity index (χ0v) is 16.3. The fourth-order valence-electron chi connectivity index (χ4n) is 3.70. The molecule has 2 amide bonds. The lowest BCUT2D eigenvalue weighted by Gasteiger charge is -2.42. The maximum atomic E-state index is 12.4. The molecule has 3 N–H and O–H groups in total. The minimum absolute atomic E-state index is 0. The Morgan fingerprint density at radius 1 is 1.35 bits per heavy atom. The summed E-state index contributed by atoms with van der Waals surface area (Å²) in [5.41, 5.74) is 7.76. The number of piperidine rings is 1. The van der Waals surface area contributed by atoms with Gasteiger partial charge in [0.05, 0.1) is 6.54 Å². The number of hydrogen-bond donors (Lipinski definition) is 2. The van der Waals surface area contributed by atoms with Crippen molar-refractivity contribution in [3.8, 4) is 0 Å². The highest BCUT2D eigenvalue weighted by Crippen LogP contribution is 2.28. The highest BCUT2D eigenvalue weighted by atomic mass is 35.5. The zero-order valence-electron chi connectivity index (χ0n) is 15.5. The predicted molar refractivity (Wildman–Crippen MR) is 107 cm³/mol. The molecule has 0 bridgehead atoms. The van der Waals surface area contributed by atoms with Gasteiger partial charge >= 0.3 is 0 Å². The third kappa shape index (κ3) is 4.75. The Bertz CT molecular complexity index is 665. The number of carbonyl (C=O) groups excluding carboxylic acids is 2. The molecule has 1 aromatic rings. The number of nitrogens with two attached hydrogens (primary N) is 1. The number of rotatable bonds is 4. The Hall–Kier alpha value is -1.63. The minimum atomic E-state index is -0.0313. The number of hydrogen-bond acceptors (Lipinski definition) is 4. The van der Waals surface area contributed by atoms with Gasteiger partial charge < -0.3 is 16.0 Å². The molecule has 144 valence electrons. The van der Waals surface area contributed by atoms with Crippen LogP contribution >= 0.6 is 12.4 Å². The van der Waals surface area contributed by atoms with Crippen molar-refractivity contribution in [2.75, 3.05) is 36.4 Å². The molecular weight excluding hydrogens is 352 g/mol. The lowest BCUT2D eigenvalue weighted by molar-refractivity contribution is -0.118. The van der Waals surface area contributed by atoms with E-state index in [-0.39, 0.29) is 35.7 Å². The van der Waals surface area contributed by atoms with Crippen LogP contribution in [0.5, 0.6) is 0 Å².